The van der Waals surface area contributed by atoms with Crippen molar-refractivity contribution in [3.63, 3.8) is 0 Å². The van der Waals surface area contributed by atoms with E-state index in [1.54, 1.807) is 48.5 Å². The van der Waals surface area contributed by atoms with E-state index < -0.39 is 28.4 Å². The van der Waals surface area contributed by atoms with Crippen molar-refractivity contribution in [1.29, 1.82) is 0 Å². The highest BCUT2D eigenvalue weighted by atomic mass is 32.2. The van der Waals surface area contributed by atoms with Crippen LogP contribution in [-0.2, 0) is 19.6 Å². The number of sulfonamides is 1. The molecule has 1 N–H and O–H groups in total. The molecule has 0 saturated carbocycles. The van der Waals surface area contributed by atoms with E-state index in [9.17, 15) is 18.0 Å². The van der Waals surface area contributed by atoms with Crippen LogP contribution in [0.4, 0.5) is 5.69 Å². The molecule has 37 heavy (non-hydrogen) atoms. The first-order valence-corrected chi connectivity index (χ1v) is 12.5. The van der Waals surface area contributed by atoms with Crippen molar-refractivity contribution in [2.75, 3.05) is 25.1 Å². The van der Waals surface area contributed by atoms with Crippen molar-refractivity contribution in [2.24, 2.45) is 5.10 Å². The molecule has 0 aliphatic carbocycles. The van der Waals surface area contributed by atoms with E-state index >= 15 is 0 Å². The Balaban J connectivity index is 1.82. The Labute approximate surface area is 215 Å². The van der Waals surface area contributed by atoms with Crippen LogP contribution in [0, 0.1) is 6.92 Å². The quantitative estimate of drug-likeness (QED) is 0.186. The van der Waals surface area contributed by atoms with Gasteiger partial charge in [0, 0.05) is 13.0 Å². The molecule has 3 aromatic rings. The van der Waals surface area contributed by atoms with Gasteiger partial charge >= 0.3 is 5.97 Å². The molecule has 0 bridgehead atoms. The number of ether oxygens (including phenoxy) is 3. The average molecular weight is 526 g/mol. The SMILES string of the molecule is COc1ccc(S(=O)(=O)N(CC(=O)N/N=C\c2ccc(OC(C)=O)cc2)c2ccc(C)cc2)cc1OC. The van der Waals surface area contributed by atoms with Crippen LogP contribution in [0.25, 0.3) is 0 Å². The predicted octanol–water partition coefficient (Wildman–Crippen LogP) is 3.28. The molecular formula is C26H27N3O7S. The maximum absolute atomic E-state index is 13.6. The van der Waals surface area contributed by atoms with E-state index in [0.29, 0.717) is 22.7 Å². The molecule has 0 aromatic heterocycles. The number of anilines is 1. The maximum atomic E-state index is 13.6. The number of hydrogen-bond donors (Lipinski definition) is 1. The fourth-order valence-corrected chi connectivity index (χ4v) is 4.70. The normalized spacial score (nSPS) is 11.1. The minimum Gasteiger partial charge on any atom is -0.493 e. The van der Waals surface area contributed by atoms with E-state index in [-0.39, 0.29) is 10.6 Å². The second-order valence-corrected chi connectivity index (χ2v) is 9.68. The molecule has 10 nitrogen and oxygen atoms in total. The summed E-state index contributed by atoms with van der Waals surface area (Å²) in [4.78, 5) is 23.7. The van der Waals surface area contributed by atoms with Crippen LogP contribution in [0.2, 0.25) is 0 Å². The Morgan fingerprint density at radius 1 is 0.946 bits per heavy atom. The van der Waals surface area contributed by atoms with Gasteiger partial charge in [-0.3, -0.25) is 13.9 Å². The summed E-state index contributed by atoms with van der Waals surface area (Å²) in [6, 6.07) is 17.4. The van der Waals surface area contributed by atoms with Crippen molar-refractivity contribution >= 4 is 33.8 Å². The van der Waals surface area contributed by atoms with Crippen LogP contribution >= 0.6 is 0 Å². The minimum atomic E-state index is -4.17. The molecule has 0 heterocycles. The predicted molar refractivity (Wildman–Crippen MR) is 139 cm³/mol. The summed E-state index contributed by atoms with van der Waals surface area (Å²) in [7, 11) is -1.32. The number of esters is 1. The second kappa shape index (κ2) is 12.0. The van der Waals surface area contributed by atoms with E-state index in [1.165, 1.54) is 45.6 Å². The molecular weight excluding hydrogens is 498 g/mol. The lowest BCUT2D eigenvalue weighted by Crippen LogP contribution is -2.39. The first-order valence-electron chi connectivity index (χ1n) is 11.1. The van der Waals surface area contributed by atoms with Crippen molar-refractivity contribution in [1.82, 2.24) is 5.43 Å². The van der Waals surface area contributed by atoms with Crippen LogP contribution in [0.15, 0.2) is 76.7 Å². The molecule has 0 aliphatic rings. The van der Waals surface area contributed by atoms with Gasteiger partial charge in [-0.2, -0.15) is 5.10 Å². The highest BCUT2D eigenvalue weighted by molar-refractivity contribution is 7.92. The number of nitrogens with zero attached hydrogens (tertiary/aromatic N) is 2. The van der Waals surface area contributed by atoms with E-state index in [0.717, 1.165) is 9.87 Å². The molecule has 11 heteroatoms. The molecule has 0 aliphatic heterocycles. The molecule has 0 radical (unpaired) electrons. The van der Waals surface area contributed by atoms with E-state index in [4.69, 9.17) is 14.2 Å². The fraction of sp³-hybridized carbons (Fsp3) is 0.192. The van der Waals surface area contributed by atoms with Gasteiger partial charge in [0.15, 0.2) is 11.5 Å². The third-order valence-electron chi connectivity index (χ3n) is 5.10. The van der Waals surface area contributed by atoms with Crippen LogP contribution in [0.1, 0.15) is 18.1 Å². The van der Waals surface area contributed by atoms with Gasteiger partial charge in [-0.25, -0.2) is 13.8 Å². The van der Waals surface area contributed by atoms with Gasteiger partial charge in [-0.15, -0.1) is 0 Å². The lowest BCUT2D eigenvalue weighted by atomic mass is 10.2. The van der Waals surface area contributed by atoms with Crippen LogP contribution < -0.4 is 23.9 Å². The Bertz CT molecular complexity index is 1390. The number of carbonyl (C=O) groups excluding carboxylic acids is 2. The fourth-order valence-electron chi connectivity index (χ4n) is 3.26. The van der Waals surface area contributed by atoms with Crippen molar-refractivity contribution in [3.05, 3.63) is 77.9 Å². The molecule has 0 fully saturated rings. The van der Waals surface area contributed by atoms with Gasteiger partial charge in [-0.1, -0.05) is 17.7 Å². The van der Waals surface area contributed by atoms with Gasteiger partial charge < -0.3 is 14.2 Å². The first-order chi connectivity index (χ1) is 17.6. The molecule has 0 saturated heterocycles. The van der Waals surface area contributed by atoms with Gasteiger partial charge in [0.2, 0.25) is 0 Å². The summed E-state index contributed by atoms with van der Waals surface area (Å²) in [5, 5.41) is 3.91. The van der Waals surface area contributed by atoms with Crippen molar-refractivity contribution in [2.45, 2.75) is 18.7 Å². The summed E-state index contributed by atoms with van der Waals surface area (Å²) in [5.74, 6) is -0.104. The first kappa shape index (κ1) is 27.2. The number of hydrogen-bond acceptors (Lipinski definition) is 8. The molecule has 0 unspecified atom stereocenters. The molecule has 0 spiro atoms. The largest absolute Gasteiger partial charge is 0.493 e. The average Bonchev–Trinajstić information content (AvgIpc) is 2.88. The van der Waals surface area contributed by atoms with Crippen LogP contribution in [0.5, 0.6) is 17.2 Å². The lowest BCUT2D eigenvalue weighted by Gasteiger charge is -2.24. The number of rotatable bonds is 10. The lowest BCUT2D eigenvalue weighted by molar-refractivity contribution is -0.131. The van der Waals surface area contributed by atoms with Crippen molar-refractivity contribution in [3.8, 4) is 17.2 Å². The van der Waals surface area contributed by atoms with Crippen LogP contribution in [0.3, 0.4) is 0 Å². The van der Waals surface area contributed by atoms with E-state index in [1.807, 2.05) is 6.92 Å². The zero-order chi connectivity index (χ0) is 27.0. The summed E-state index contributed by atoms with van der Waals surface area (Å²) in [6.45, 7) is 2.65. The summed E-state index contributed by atoms with van der Waals surface area (Å²) < 4.78 is 43.6. The standard InChI is InChI=1S/C26H27N3O7S/c1-18-5-9-21(10-6-18)29(37(32,33)23-13-14-24(34-3)25(15-23)35-4)17-26(31)28-27-16-20-7-11-22(12-8-20)36-19(2)30/h5-16H,17H2,1-4H3,(H,28,31)/b27-16-. The van der Waals surface area contributed by atoms with Gasteiger partial charge in [0.1, 0.15) is 12.3 Å². The smallest absolute Gasteiger partial charge is 0.308 e. The van der Waals surface area contributed by atoms with Crippen molar-refractivity contribution < 1.29 is 32.2 Å². The monoisotopic (exact) mass is 525 g/mol. The Morgan fingerprint density at radius 2 is 1.59 bits per heavy atom. The highest BCUT2D eigenvalue weighted by Gasteiger charge is 2.28. The zero-order valence-corrected chi connectivity index (χ0v) is 21.6. The number of methoxy groups -OCH3 is 2. The zero-order valence-electron chi connectivity index (χ0n) is 20.8. The Kier molecular flexibility index (Phi) is 8.86. The maximum Gasteiger partial charge on any atom is 0.308 e. The van der Waals surface area contributed by atoms with E-state index in [2.05, 4.69) is 10.5 Å². The second-order valence-electron chi connectivity index (χ2n) is 7.82. The van der Waals surface area contributed by atoms with Gasteiger partial charge in [0.25, 0.3) is 15.9 Å². The number of nitrogens with one attached hydrogen (secondary N) is 1. The highest BCUT2D eigenvalue weighted by Crippen LogP contribution is 2.32. The number of hydrazone groups is 1. The summed E-state index contributed by atoms with van der Waals surface area (Å²) in [6.07, 6.45) is 1.38. The number of carbonyl (C=O) groups is 2. The number of amides is 1. The Morgan fingerprint density at radius 3 is 2.19 bits per heavy atom. The Hall–Kier alpha value is -4.38. The third-order valence-corrected chi connectivity index (χ3v) is 6.87. The number of benzene rings is 3. The summed E-state index contributed by atoms with van der Waals surface area (Å²) >= 11 is 0. The van der Waals surface area contributed by atoms with Crippen LogP contribution in [-0.4, -0.2) is 47.3 Å². The molecule has 1 amide bonds. The number of aryl methyl sites for hydroxylation is 1. The molecule has 3 rings (SSSR count). The van der Waals surface area contributed by atoms with Gasteiger partial charge in [0.05, 0.1) is 31.0 Å². The third kappa shape index (κ3) is 7.07. The molecule has 0 atom stereocenters. The minimum absolute atomic E-state index is 0.0742. The molecule has 194 valence electrons. The topological polar surface area (TPSA) is 124 Å². The summed E-state index contributed by atoms with van der Waals surface area (Å²) in [5.41, 5.74) is 4.22. The molecule has 3 aromatic carbocycles. The van der Waals surface area contributed by atoms with Gasteiger partial charge in [-0.05, 0) is 61.0 Å².